The van der Waals surface area contributed by atoms with Gasteiger partial charge in [-0.2, -0.15) is 0 Å². The molecule has 0 spiro atoms. The molecule has 8 nitrogen and oxygen atoms in total. The molecule has 0 amide bonds. The summed E-state index contributed by atoms with van der Waals surface area (Å²) in [6, 6.07) is 2.01. The lowest BCUT2D eigenvalue weighted by Crippen LogP contribution is -2.27. The Labute approximate surface area is 217 Å². The summed E-state index contributed by atoms with van der Waals surface area (Å²) in [6.07, 6.45) is 4.95. The summed E-state index contributed by atoms with van der Waals surface area (Å²) in [7, 11) is 0. The molecule has 0 aliphatic carbocycles. The highest BCUT2D eigenvalue weighted by Gasteiger charge is 2.19. The number of rotatable bonds is 10. The molecule has 0 aliphatic heterocycles. The second-order valence-electron chi connectivity index (χ2n) is 8.38. The van der Waals surface area contributed by atoms with Crippen molar-refractivity contribution in [3.05, 3.63) is 86.5 Å². The molecule has 0 fully saturated rings. The zero-order valence-corrected chi connectivity index (χ0v) is 21.5. The van der Waals surface area contributed by atoms with Crippen molar-refractivity contribution in [3.8, 4) is 5.75 Å². The molecule has 2 aromatic rings. The van der Waals surface area contributed by atoms with E-state index in [4.69, 9.17) is 22.1 Å². The summed E-state index contributed by atoms with van der Waals surface area (Å²) in [5.74, 6) is -2.77. The van der Waals surface area contributed by atoms with E-state index in [1.165, 1.54) is 52.3 Å². The lowest BCUT2D eigenvalue weighted by Gasteiger charge is -2.17. The molecular formula is C25H27ClF3N5O3. The molecule has 0 atom stereocenters. The van der Waals surface area contributed by atoms with Crippen LogP contribution in [0.4, 0.5) is 13.2 Å². The highest BCUT2D eigenvalue weighted by Crippen LogP contribution is 2.27. The molecule has 12 heteroatoms. The maximum atomic E-state index is 14.5. The normalized spacial score (nSPS) is 13.4. The van der Waals surface area contributed by atoms with Crippen LogP contribution in [0.1, 0.15) is 32.2 Å². The van der Waals surface area contributed by atoms with Crippen LogP contribution in [-0.2, 0) is 6.61 Å². The standard InChI is InChI=1S/C25H27ClF3N5O3/c1-14(10-32-13-31-7-6-21(30)25(4,5)36)23(16(3)27)34-15(2)8-20(22(26)24(34)35)37-12-19-18(29)9-17(28)11-33-19/h6-11,36H,3,12-13,30H2,1-2,4-5H3/b21-6?,23-14+,31-7?,32-10?. The minimum absolute atomic E-state index is 0.0333. The molecule has 2 heterocycles. The monoisotopic (exact) mass is 537 g/mol. The van der Waals surface area contributed by atoms with Gasteiger partial charge in [0.1, 0.15) is 41.4 Å². The molecule has 2 rings (SSSR count). The topological polar surface area (TPSA) is 115 Å². The fourth-order valence-corrected chi connectivity index (χ4v) is 3.13. The van der Waals surface area contributed by atoms with E-state index in [1.807, 2.05) is 0 Å². The van der Waals surface area contributed by atoms with Crippen molar-refractivity contribution in [1.82, 2.24) is 9.55 Å². The number of nitrogens with zero attached hydrogens (tertiary/aromatic N) is 4. The highest BCUT2D eigenvalue weighted by atomic mass is 35.5. The number of aliphatic imine (C=N–C) groups is 2. The maximum Gasteiger partial charge on any atom is 0.277 e. The molecule has 198 valence electrons. The summed E-state index contributed by atoms with van der Waals surface area (Å²) in [6.45, 7) is 8.94. The number of ether oxygens (including phenoxy) is 1. The summed E-state index contributed by atoms with van der Waals surface area (Å²) in [5.41, 5.74) is 4.04. The summed E-state index contributed by atoms with van der Waals surface area (Å²) in [4.78, 5) is 24.7. The van der Waals surface area contributed by atoms with E-state index in [2.05, 4.69) is 21.5 Å². The Hall–Kier alpha value is -3.70. The first kappa shape index (κ1) is 29.5. The zero-order chi connectivity index (χ0) is 27.9. The largest absolute Gasteiger partial charge is 0.485 e. The van der Waals surface area contributed by atoms with Gasteiger partial charge in [0, 0.05) is 36.0 Å². The van der Waals surface area contributed by atoms with E-state index in [1.54, 1.807) is 0 Å². The van der Waals surface area contributed by atoms with Crippen molar-refractivity contribution in [2.75, 3.05) is 6.67 Å². The molecular weight excluding hydrogens is 511 g/mol. The first-order valence-electron chi connectivity index (χ1n) is 10.8. The minimum Gasteiger partial charge on any atom is -0.485 e. The lowest BCUT2D eigenvalue weighted by molar-refractivity contribution is 0.118. The number of pyridine rings is 2. The van der Waals surface area contributed by atoms with Crippen molar-refractivity contribution in [2.45, 2.75) is 39.9 Å². The van der Waals surface area contributed by atoms with Gasteiger partial charge in [0.25, 0.3) is 5.56 Å². The number of allylic oxidation sites excluding steroid dienone is 4. The highest BCUT2D eigenvalue weighted by molar-refractivity contribution is 6.31. The Morgan fingerprint density at radius 3 is 2.62 bits per heavy atom. The molecule has 37 heavy (non-hydrogen) atoms. The average molecular weight is 538 g/mol. The first-order valence-corrected chi connectivity index (χ1v) is 11.2. The van der Waals surface area contributed by atoms with Crippen LogP contribution in [-0.4, -0.2) is 39.4 Å². The van der Waals surface area contributed by atoms with Crippen molar-refractivity contribution < 1.29 is 23.0 Å². The third kappa shape index (κ3) is 7.89. The number of nitrogens with two attached hydrogens (primary N) is 1. The molecule has 0 unspecified atom stereocenters. The lowest BCUT2D eigenvalue weighted by atomic mass is 10.1. The van der Waals surface area contributed by atoms with Crippen LogP contribution >= 0.6 is 11.6 Å². The predicted octanol–water partition coefficient (Wildman–Crippen LogP) is 4.49. The minimum atomic E-state index is -1.19. The van der Waals surface area contributed by atoms with Crippen LogP contribution in [0.5, 0.6) is 5.75 Å². The van der Waals surface area contributed by atoms with Crippen LogP contribution in [0.25, 0.3) is 5.70 Å². The summed E-state index contributed by atoms with van der Waals surface area (Å²) >= 11 is 6.18. The van der Waals surface area contributed by atoms with Gasteiger partial charge in [-0.1, -0.05) is 18.2 Å². The number of hydrogen-bond acceptors (Lipinski definition) is 7. The van der Waals surface area contributed by atoms with Crippen LogP contribution in [0.15, 0.2) is 62.9 Å². The Morgan fingerprint density at radius 1 is 1.35 bits per heavy atom. The zero-order valence-electron chi connectivity index (χ0n) is 20.7. The van der Waals surface area contributed by atoms with E-state index < -0.39 is 40.3 Å². The smallest absolute Gasteiger partial charge is 0.277 e. The van der Waals surface area contributed by atoms with Crippen molar-refractivity contribution in [2.24, 2.45) is 15.7 Å². The third-order valence-electron chi connectivity index (χ3n) is 4.92. The van der Waals surface area contributed by atoms with E-state index in [-0.39, 0.29) is 40.8 Å². The predicted molar refractivity (Wildman–Crippen MR) is 138 cm³/mol. The number of halogens is 4. The molecule has 0 radical (unpaired) electrons. The average Bonchev–Trinajstić information content (AvgIpc) is 2.80. The van der Waals surface area contributed by atoms with Gasteiger partial charge >= 0.3 is 0 Å². The Balaban J connectivity index is 2.31. The Morgan fingerprint density at radius 2 is 2.03 bits per heavy atom. The van der Waals surface area contributed by atoms with Crippen molar-refractivity contribution in [1.29, 1.82) is 0 Å². The van der Waals surface area contributed by atoms with Crippen molar-refractivity contribution >= 4 is 29.7 Å². The van der Waals surface area contributed by atoms with Gasteiger partial charge in [0.15, 0.2) is 5.82 Å². The van der Waals surface area contributed by atoms with E-state index in [9.17, 15) is 23.1 Å². The van der Waals surface area contributed by atoms with Gasteiger partial charge in [0.05, 0.1) is 17.5 Å². The van der Waals surface area contributed by atoms with Crippen LogP contribution < -0.4 is 16.0 Å². The second kappa shape index (κ2) is 12.5. The summed E-state index contributed by atoms with van der Waals surface area (Å²) < 4.78 is 47.8. The SMILES string of the molecule is C=C(F)/C(=C(/C)C=NCN=CC=C(N)C(C)(C)O)n1c(C)cc(OCc2ncc(F)cc2F)c(Cl)c1=O. The van der Waals surface area contributed by atoms with Crippen LogP contribution in [0.2, 0.25) is 5.02 Å². The fourth-order valence-electron chi connectivity index (χ4n) is 2.94. The Bertz CT molecular complexity index is 1360. The molecule has 0 aromatic carbocycles. The maximum absolute atomic E-state index is 14.5. The second-order valence-corrected chi connectivity index (χ2v) is 8.76. The molecule has 0 saturated heterocycles. The molecule has 0 saturated carbocycles. The van der Waals surface area contributed by atoms with Gasteiger partial charge < -0.3 is 15.6 Å². The number of hydrogen-bond donors (Lipinski definition) is 2. The van der Waals surface area contributed by atoms with E-state index in [0.717, 1.165) is 10.8 Å². The number of aliphatic hydroxyl groups is 1. The van der Waals surface area contributed by atoms with Gasteiger partial charge in [-0.25, -0.2) is 13.2 Å². The number of aryl methyl sites for hydroxylation is 1. The van der Waals surface area contributed by atoms with Gasteiger partial charge in [-0.15, -0.1) is 0 Å². The third-order valence-corrected chi connectivity index (χ3v) is 5.26. The van der Waals surface area contributed by atoms with Crippen LogP contribution in [0.3, 0.4) is 0 Å². The van der Waals surface area contributed by atoms with Gasteiger partial charge in [-0.05, 0) is 39.3 Å². The van der Waals surface area contributed by atoms with Gasteiger partial charge in [-0.3, -0.25) is 24.3 Å². The fraction of sp³-hybridized carbons (Fsp3) is 0.280. The van der Waals surface area contributed by atoms with Crippen molar-refractivity contribution in [3.63, 3.8) is 0 Å². The van der Waals surface area contributed by atoms with Gasteiger partial charge in [0.2, 0.25) is 0 Å². The molecule has 2 aromatic heterocycles. The molecule has 3 N–H and O–H groups in total. The molecule has 0 bridgehead atoms. The Kier molecular flexibility index (Phi) is 9.98. The molecule has 0 aliphatic rings. The van der Waals surface area contributed by atoms with Crippen LogP contribution in [0, 0.1) is 18.6 Å². The number of aromatic nitrogens is 2. The quantitative estimate of drug-likeness (QED) is 0.342. The first-order chi connectivity index (χ1) is 17.2. The summed E-state index contributed by atoms with van der Waals surface area (Å²) in [5, 5.41) is 9.37. The van der Waals surface area contributed by atoms with E-state index >= 15 is 0 Å². The van der Waals surface area contributed by atoms with E-state index in [0.29, 0.717) is 6.07 Å².